The average Bonchev–Trinajstić information content (AvgIpc) is 2.72. The third kappa shape index (κ3) is 4.87. The molecule has 0 bridgehead atoms. The van der Waals surface area contributed by atoms with Crippen molar-refractivity contribution in [3.8, 4) is 0 Å². The zero-order chi connectivity index (χ0) is 20.1. The molecule has 1 aromatic carbocycles. The quantitative estimate of drug-likeness (QED) is 0.797. The number of carbonyl (C=O) groups excluding carboxylic acids is 1. The van der Waals surface area contributed by atoms with E-state index in [4.69, 9.17) is 0 Å². The molecule has 0 radical (unpaired) electrons. The van der Waals surface area contributed by atoms with Crippen LogP contribution in [0.15, 0.2) is 48.8 Å². The van der Waals surface area contributed by atoms with E-state index in [1.807, 2.05) is 36.1 Å². The van der Waals surface area contributed by atoms with E-state index in [0.717, 1.165) is 37.7 Å². The minimum absolute atomic E-state index is 0.151. The molecule has 1 atom stereocenters. The van der Waals surface area contributed by atoms with E-state index in [9.17, 15) is 4.79 Å². The molecule has 2 heterocycles. The highest BCUT2D eigenvalue weighted by atomic mass is 16.2. The van der Waals surface area contributed by atoms with Gasteiger partial charge < -0.3 is 9.80 Å². The van der Waals surface area contributed by atoms with Gasteiger partial charge in [0.05, 0.1) is 6.04 Å². The number of amides is 1. The van der Waals surface area contributed by atoms with Crippen molar-refractivity contribution >= 4 is 11.9 Å². The average molecular weight is 382 g/mol. The fraction of sp³-hybridized carbons (Fsp3) is 0.500. The van der Waals surface area contributed by atoms with E-state index >= 15 is 0 Å². The molecule has 28 heavy (non-hydrogen) atoms. The topological polar surface area (TPSA) is 52.6 Å². The molecular weight excluding hydrogens is 350 g/mol. The van der Waals surface area contributed by atoms with Gasteiger partial charge in [0.15, 0.2) is 0 Å². The lowest BCUT2D eigenvalue weighted by Gasteiger charge is -2.42. The Bertz CT molecular complexity index is 752. The Labute approximate surface area is 168 Å². The van der Waals surface area contributed by atoms with Crippen LogP contribution < -0.4 is 4.90 Å². The Morgan fingerprint density at radius 1 is 1.04 bits per heavy atom. The molecule has 0 spiro atoms. The van der Waals surface area contributed by atoms with Crippen LogP contribution in [0.1, 0.15) is 33.3 Å². The molecular formula is C22H31N5O. The van der Waals surface area contributed by atoms with Crippen molar-refractivity contribution in [1.82, 2.24) is 19.8 Å². The highest BCUT2D eigenvalue weighted by Crippen LogP contribution is 2.21. The molecule has 0 saturated carbocycles. The van der Waals surface area contributed by atoms with Gasteiger partial charge in [-0.25, -0.2) is 9.97 Å². The fourth-order valence-corrected chi connectivity index (χ4v) is 3.56. The highest BCUT2D eigenvalue weighted by molar-refractivity contribution is 5.82. The molecule has 1 amide bonds. The summed E-state index contributed by atoms with van der Waals surface area (Å²) in [6.07, 6.45) is 3.54. The Morgan fingerprint density at radius 2 is 1.64 bits per heavy atom. The number of hydrogen-bond donors (Lipinski definition) is 0. The molecule has 2 aromatic rings. The molecule has 1 fully saturated rings. The van der Waals surface area contributed by atoms with Crippen molar-refractivity contribution in [3.63, 3.8) is 0 Å². The Balaban J connectivity index is 1.65. The number of benzene rings is 1. The van der Waals surface area contributed by atoms with Crippen LogP contribution in [0.4, 0.5) is 5.95 Å². The van der Waals surface area contributed by atoms with E-state index in [2.05, 4.69) is 52.7 Å². The summed E-state index contributed by atoms with van der Waals surface area (Å²) < 4.78 is 0. The lowest BCUT2D eigenvalue weighted by molar-refractivity contribution is -0.142. The van der Waals surface area contributed by atoms with Gasteiger partial charge in [0.25, 0.3) is 0 Å². The van der Waals surface area contributed by atoms with Crippen LogP contribution in [0.2, 0.25) is 0 Å². The van der Waals surface area contributed by atoms with Crippen LogP contribution in [-0.2, 0) is 11.3 Å². The van der Waals surface area contributed by atoms with Crippen molar-refractivity contribution in [1.29, 1.82) is 0 Å². The molecule has 1 saturated heterocycles. The summed E-state index contributed by atoms with van der Waals surface area (Å²) in [6.45, 7) is 12.3. The molecule has 1 aliphatic heterocycles. The minimum atomic E-state index is -0.235. The van der Waals surface area contributed by atoms with E-state index < -0.39 is 0 Å². The highest BCUT2D eigenvalue weighted by Gasteiger charge is 2.34. The summed E-state index contributed by atoms with van der Waals surface area (Å²) in [4.78, 5) is 28.5. The van der Waals surface area contributed by atoms with Gasteiger partial charge >= 0.3 is 0 Å². The minimum Gasteiger partial charge on any atom is -0.338 e. The molecule has 0 aliphatic carbocycles. The van der Waals surface area contributed by atoms with Crippen molar-refractivity contribution in [2.75, 3.05) is 31.1 Å². The molecule has 0 N–H and O–H groups in total. The first kappa shape index (κ1) is 20.3. The molecule has 0 unspecified atom stereocenters. The number of piperazine rings is 1. The zero-order valence-electron chi connectivity index (χ0n) is 17.4. The van der Waals surface area contributed by atoms with Crippen molar-refractivity contribution < 1.29 is 4.79 Å². The van der Waals surface area contributed by atoms with Crippen LogP contribution >= 0.6 is 0 Å². The van der Waals surface area contributed by atoms with Crippen molar-refractivity contribution in [2.24, 2.45) is 0 Å². The molecule has 1 aliphatic rings. The van der Waals surface area contributed by atoms with Gasteiger partial charge in [0, 0.05) is 50.7 Å². The predicted octanol–water partition coefficient (Wildman–Crippen LogP) is 2.81. The third-order valence-electron chi connectivity index (χ3n) is 5.31. The predicted molar refractivity (Wildman–Crippen MR) is 112 cm³/mol. The number of hydrogen-bond acceptors (Lipinski definition) is 5. The smallest absolute Gasteiger partial charge is 0.240 e. The van der Waals surface area contributed by atoms with Gasteiger partial charge in [-0.3, -0.25) is 9.69 Å². The number of carbonyl (C=O) groups is 1. The summed E-state index contributed by atoms with van der Waals surface area (Å²) in [6, 6.07) is 11.9. The molecule has 6 nitrogen and oxygen atoms in total. The summed E-state index contributed by atoms with van der Waals surface area (Å²) in [5, 5.41) is 0. The summed E-state index contributed by atoms with van der Waals surface area (Å²) in [7, 11) is 0. The molecule has 1 aromatic heterocycles. The second kappa shape index (κ2) is 8.69. The van der Waals surface area contributed by atoms with Crippen molar-refractivity contribution in [2.45, 2.75) is 45.8 Å². The second-order valence-electron chi connectivity index (χ2n) is 8.33. The van der Waals surface area contributed by atoms with Crippen LogP contribution in [0.3, 0.4) is 0 Å². The second-order valence-corrected chi connectivity index (χ2v) is 8.33. The molecule has 6 heteroatoms. The van der Waals surface area contributed by atoms with Gasteiger partial charge in [0.1, 0.15) is 0 Å². The first-order chi connectivity index (χ1) is 13.4. The lowest BCUT2D eigenvalue weighted by atomic mass is 10.0. The van der Waals surface area contributed by atoms with Gasteiger partial charge in [0.2, 0.25) is 11.9 Å². The number of aromatic nitrogens is 2. The normalized spacial score (nSPS) is 16.6. The third-order valence-corrected chi connectivity index (χ3v) is 5.31. The monoisotopic (exact) mass is 381 g/mol. The number of nitrogens with zero attached hydrogens (tertiary/aromatic N) is 5. The Morgan fingerprint density at radius 3 is 2.21 bits per heavy atom. The van der Waals surface area contributed by atoms with Gasteiger partial charge in [-0.1, -0.05) is 30.3 Å². The SMILES string of the molecule is C[C@H](C(=O)N(Cc1ccccc1)C(C)(C)C)N1CCN(c2ncccn2)CC1. The number of anilines is 1. The van der Waals surface area contributed by atoms with E-state index in [0.29, 0.717) is 6.54 Å². The van der Waals surface area contributed by atoms with Gasteiger partial charge in [-0.15, -0.1) is 0 Å². The van der Waals surface area contributed by atoms with E-state index in [1.165, 1.54) is 0 Å². The molecule has 150 valence electrons. The van der Waals surface area contributed by atoms with Crippen LogP contribution in [0, 0.1) is 0 Å². The zero-order valence-corrected chi connectivity index (χ0v) is 17.4. The Kier molecular flexibility index (Phi) is 6.29. The van der Waals surface area contributed by atoms with Crippen LogP contribution in [-0.4, -0.2) is 63.4 Å². The first-order valence-electron chi connectivity index (χ1n) is 9.97. The summed E-state index contributed by atoms with van der Waals surface area (Å²) in [5.41, 5.74) is 0.921. The standard InChI is InChI=1S/C22H31N5O/c1-18(25-13-15-26(16-14-25)21-23-11-8-12-24-21)20(28)27(22(2,3)4)17-19-9-6-5-7-10-19/h5-12,18H,13-17H2,1-4H3/t18-/m1/s1. The number of rotatable bonds is 5. The summed E-state index contributed by atoms with van der Waals surface area (Å²) in [5.74, 6) is 0.947. The van der Waals surface area contributed by atoms with Crippen LogP contribution in [0.5, 0.6) is 0 Å². The van der Waals surface area contributed by atoms with E-state index in [1.54, 1.807) is 12.4 Å². The fourth-order valence-electron chi connectivity index (χ4n) is 3.56. The van der Waals surface area contributed by atoms with Crippen LogP contribution in [0.25, 0.3) is 0 Å². The van der Waals surface area contributed by atoms with Gasteiger partial charge in [-0.05, 0) is 39.3 Å². The molecule has 3 rings (SSSR count). The lowest BCUT2D eigenvalue weighted by Crippen LogP contribution is -2.57. The summed E-state index contributed by atoms with van der Waals surface area (Å²) >= 11 is 0. The first-order valence-corrected chi connectivity index (χ1v) is 9.97. The maximum atomic E-state index is 13.4. The Hall–Kier alpha value is -2.47. The maximum absolute atomic E-state index is 13.4. The maximum Gasteiger partial charge on any atom is 0.240 e. The van der Waals surface area contributed by atoms with Gasteiger partial charge in [-0.2, -0.15) is 0 Å². The van der Waals surface area contributed by atoms with Crippen molar-refractivity contribution in [3.05, 3.63) is 54.4 Å². The largest absolute Gasteiger partial charge is 0.338 e. The van der Waals surface area contributed by atoms with E-state index in [-0.39, 0.29) is 17.5 Å².